The summed E-state index contributed by atoms with van der Waals surface area (Å²) in [5.41, 5.74) is -0.991. The fourth-order valence-corrected chi connectivity index (χ4v) is 5.79. The summed E-state index contributed by atoms with van der Waals surface area (Å²) in [6.45, 7) is 1.52. The predicted octanol–water partition coefficient (Wildman–Crippen LogP) is -0.430. The largest absolute Gasteiger partial charge is 0.477 e. The molecule has 26 heavy (non-hydrogen) atoms. The molecule has 9 nitrogen and oxygen atoms in total. The summed E-state index contributed by atoms with van der Waals surface area (Å²) in [5, 5.41) is 9.04. The van der Waals surface area contributed by atoms with E-state index in [0.29, 0.717) is 25.9 Å². The maximum Gasteiger partial charge on any atom is 0.341 e. The van der Waals surface area contributed by atoms with Crippen LogP contribution in [0, 0.1) is 0 Å². The first-order chi connectivity index (χ1) is 12.3. The molecule has 1 N–H and O–H groups in total. The minimum atomic E-state index is -3.42. The van der Waals surface area contributed by atoms with Crippen molar-refractivity contribution in [1.29, 1.82) is 0 Å². The van der Waals surface area contributed by atoms with Gasteiger partial charge >= 0.3 is 5.97 Å². The van der Waals surface area contributed by atoms with Crippen LogP contribution in [0.1, 0.15) is 40.1 Å². The number of hydrogen-bond acceptors (Lipinski definition) is 5. The molecule has 140 valence electrons. The smallest absolute Gasteiger partial charge is 0.341 e. The van der Waals surface area contributed by atoms with E-state index in [4.69, 9.17) is 5.11 Å². The van der Waals surface area contributed by atoms with Crippen molar-refractivity contribution in [3.05, 3.63) is 33.7 Å². The van der Waals surface area contributed by atoms with Gasteiger partial charge in [-0.15, -0.1) is 0 Å². The molecule has 3 heterocycles. The molecule has 1 saturated carbocycles. The average Bonchev–Trinajstić information content (AvgIpc) is 3.29. The summed E-state index contributed by atoms with van der Waals surface area (Å²) in [6, 6.07) is 2.45. The Bertz CT molecular complexity index is 959. The van der Waals surface area contributed by atoms with Gasteiger partial charge in [-0.05, 0) is 31.4 Å². The van der Waals surface area contributed by atoms with Crippen LogP contribution in [0.15, 0.2) is 16.9 Å². The Morgan fingerprint density at radius 2 is 1.81 bits per heavy atom. The topological polar surface area (TPSA) is 117 Å². The van der Waals surface area contributed by atoms with Crippen molar-refractivity contribution in [2.75, 3.05) is 26.2 Å². The number of fused-ring (bicyclic) bond motifs is 1. The van der Waals surface area contributed by atoms with Gasteiger partial charge in [0.1, 0.15) is 16.0 Å². The molecule has 2 fully saturated rings. The predicted molar refractivity (Wildman–Crippen MR) is 90.6 cm³/mol. The van der Waals surface area contributed by atoms with E-state index < -0.39 is 32.2 Å². The van der Waals surface area contributed by atoms with Crippen LogP contribution in [0.3, 0.4) is 0 Å². The van der Waals surface area contributed by atoms with Crippen molar-refractivity contribution in [3.8, 4) is 0 Å². The zero-order valence-corrected chi connectivity index (χ0v) is 14.9. The first kappa shape index (κ1) is 17.2. The fraction of sp³-hybridized carbons (Fsp3) is 0.562. The number of pyridine rings is 1. The Morgan fingerprint density at radius 3 is 2.35 bits per heavy atom. The minimum absolute atomic E-state index is 0.100. The molecule has 0 atom stereocenters. The van der Waals surface area contributed by atoms with E-state index in [1.807, 2.05) is 0 Å². The fourth-order valence-electron chi connectivity index (χ4n) is 3.57. The highest BCUT2D eigenvalue weighted by Gasteiger charge is 2.59. The normalized spacial score (nSPS) is 21.8. The van der Waals surface area contributed by atoms with E-state index >= 15 is 0 Å². The van der Waals surface area contributed by atoms with Crippen LogP contribution in [0.2, 0.25) is 0 Å². The molecule has 0 unspecified atom stereocenters. The minimum Gasteiger partial charge on any atom is -0.477 e. The monoisotopic (exact) mass is 381 g/mol. The number of aromatic carboxylic acids is 1. The zero-order chi connectivity index (χ0) is 18.7. The molecule has 1 saturated heterocycles. The molecular formula is C16H19N3O6S. The zero-order valence-electron chi connectivity index (χ0n) is 14.0. The molecule has 0 spiro atoms. The molecule has 1 amide bonds. The highest BCUT2D eigenvalue weighted by molar-refractivity contribution is 7.90. The lowest BCUT2D eigenvalue weighted by atomic mass is 10.1. The van der Waals surface area contributed by atoms with Gasteiger partial charge in [0.2, 0.25) is 10.0 Å². The van der Waals surface area contributed by atoms with Crippen molar-refractivity contribution < 1.29 is 23.1 Å². The van der Waals surface area contributed by atoms with Gasteiger partial charge in [-0.2, -0.15) is 0 Å². The van der Waals surface area contributed by atoms with E-state index in [9.17, 15) is 22.8 Å². The van der Waals surface area contributed by atoms with E-state index in [1.54, 1.807) is 0 Å². The third kappa shape index (κ3) is 2.39. The maximum absolute atomic E-state index is 12.8. The van der Waals surface area contributed by atoms with Crippen LogP contribution in [-0.4, -0.2) is 70.1 Å². The van der Waals surface area contributed by atoms with Crippen LogP contribution in [0.4, 0.5) is 0 Å². The van der Waals surface area contributed by atoms with Crippen LogP contribution in [0.5, 0.6) is 0 Å². The summed E-state index contributed by atoms with van der Waals surface area (Å²) in [5.74, 6) is -1.77. The summed E-state index contributed by atoms with van der Waals surface area (Å²) in [7, 11) is -3.42. The number of rotatable bonds is 5. The summed E-state index contributed by atoms with van der Waals surface area (Å²) < 4.78 is 27.3. The van der Waals surface area contributed by atoms with E-state index in [2.05, 4.69) is 0 Å². The first-order valence-electron chi connectivity index (χ1n) is 8.53. The second-order valence-electron chi connectivity index (χ2n) is 7.06. The summed E-state index contributed by atoms with van der Waals surface area (Å²) in [6.07, 6.45) is 1.92. The molecule has 2 aliphatic heterocycles. The molecule has 3 aliphatic rings. The molecule has 1 aromatic rings. The molecular weight excluding hydrogens is 362 g/mol. The Morgan fingerprint density at radius 1 is 1.12 bits per heavy atom. The lowest BCUT2D eigenvalue weighted by molar-refractivity contribution is 0.0670. The molecule has 10 heteroatoms. The Hall–Kier alpha value is -2.20. The van der Waals surface area contributed by atoms with Gasteiger partial charge in [-0.25, -0.2) is 17.5 Å². The molecule has 1 aromatic heterocycles. The van der Waals surface area contributed by atoms with Crippen molar-refractivity contribution >= 4 is 21.9 Å². The third-order valence-corrected chi connectivity index (χ3v) is 8.17. The van der Waals surface area contributed by atoms with E-state index in [-0.39, 0.29) is 30.9 Å². The number of hydrogen-bond donors (Lipinski definition) is 1. The van der Waals surface area contributed by atoms with E-state index in [0.717, 1.165) is 17.1 Å². The number of carbonyl (C=O) groups is 2. The molecule has 4 rings (SSSR count). The van der Waals surface area contributed by atoms with Crippen LogP contribution < -0.4 is 5.56 Å². The molecule has 0 bridgehead atoms. The highest BCUT2D eigenvalue weighted by atomic mass is 32.2. The van der Waals surface area contributed by atoms with Gasteiger partial charge in [0.15, 0.2) is 0 Å². The number of carboxylic acids is 1. The van der Waals surface area contributed by atoms with Crippen molar-refractivity contribution in [2.45, 2.75) is 30.6 Å². The van der Waals surface area contributed by atoms with Gasteiger partial charge in [0, 0.05) is 32.7 Å². The first-order valence-corrected chi connectivity index (χ1v) is 9.97. The lowest BCUT2D eigenvalue weighted by Gasteiger charge is -2.37. The van der Waals surface area contributed by atoms with Crippen LogP contribution >= 0.6 is 0 Å². The molecule has 1 aliphatic carbocycles. The number of carboxylic acid groups (broad SMARTS) is 1. The lowest BCUT2D eigenvalue weighted by Crippen LogP contribution is -2.54. The van der Waals surface area contributed by atoms with Gasteiger partial charge in [0.25, 0.3) is 11.5 Å². The number of nitrogens with zero attached hydrogens (tertiary/aromatic N) is 3. The van der Waals surface area contributed by atoms with Crippen molar-refractivity contribution in [2.24, 2.45) is 0 Å². The van der Waals surface area contributed by atoms with Crippen molar-refractivity contribution in [3.63, 3.8) is 0 Å². The van der Waals surface area contributed by atoms with Gasteiger partial charge < -0.3 is 14.6 Å². The van der Waals surface area contributed by atoms with Gasteiger partial charge in [-0.3, -0.25) is 9.59 Å². The van der Waals surface area contributed by atoms with E-state index in [1.165, 1.54) is 15.3 Å². The second-order valence-corrected chi connectivity index (χ2v) is 9.39. The summed E-state index contributed by atoms with van der Waals surface area (Å²) >= 11 is 0. The number of sulfonamides is 1. The Kier molecular flexibility index (Phi) is 3.74. The summed E-state index contributed by atoms with van der Waals surface area (Å²) in [4.78, 5) is 37.5. The second kappa shape index (κ2) is 5.65. The molecule has 0 aromatic carbocycles. The molecule has 0 radical (unpaired) electrons. The van der Waals surface area contributed by atoms with Crippen LogP contribution in [0.25, 0.3) is 0 Å². The van der Waals surface area contributed by atoms with Crippen LogP contribution in [-0.2, 0) is 16.6 Å². The van der Waals surface area contributed by atoms with Gasteiger partial charge in [0.05, 0.1) is 0 Å². The SMILES string of the molecule is O=C(O)c1ccc2n(c1=O)CCN(CC1(S(=O)(=O)N3CCC3)CC1)C2=O. The standard InChI is InChI=1S/C16H19N3O6S/c20-13-11(15(22)23)2-3-12-14(21)17(8-9-19(12)13)10-16(4-5-16)26(24,25)18-6-1-7-18/h2-3H,1,4-10H2,(H,22,23). The number of amides is 1. The number of carbonyl (C=O) groups excluding carboxylic acids is 1. The average molecular weight is 381 g/mol. The quantitative estimate of drug-likeness (QED) is 0.740. The maximum atomic E-state index is 12.8. The van der Waals surface area contributed by atoms with Gasteiger partial charge in [-0.1, -0.05) is 0 Å². The number of aromatic nitrogens is 1. The Balaban J connectivity index is 1.60. The Labute approximate surface area is 149 Å². The third-order valence-electron chi connectivity index (χ3n) is 5.49. The van der Waals surface area contributed by atoms with Crippen molar-refractivity contribution in [1.82, 2.24) is 13.8 Å². The highest BCUT2D eigenvalue weighted by Crippen LogP contribution is 2.47.